The summed E-state index contributed by atoms with van der Waals surface area (Å²) in [6, 6.07) is 12.0. The zero-order chi connectivity index (χ0) is 27.0. The van der Waals surface area contributed by atoms with Crippen LogP contribution in [-0.4, -0.2) is 67.7 Å². The highest BCUT2D eigenvalue weighted by molar-refractivity contribution is 5.97. The average molecular weight is 509 g/mol. The van der Waals surface area contributed by atoms with Crippen molar-refractivity contribution < 1.29 is 19.0 Å². The molecule has 0 atom stereocenters. The third-order valence-corrected chi connectivity index (χ3v) is 6.12. The van der Waals surface area contributed by atoms with Gasteiger partial charge in [0.05, 0.1) is 19.6 Å². The number of rotatable bonds is 6. The van der Waals surface area contributed by atoms with E-state index in [2.05, 4.69) is 35.2 Å². The second kappa shape index (κ2) is 12.6. The Bertz CT molecular complexity index is 1150. The summed E-state index contributed by atoms with van der Waals surface area (Å²) in [6.07, 6.45) is -0.367. The summed E-state index contributed by atoms with van der Waals surface area (Å²) in [6.45, 7) is 17.5. The van der Waals surface area contributed by atoms with Crippen LogP contribution in [0.1, 0.15) is 43.0 Å². The predicted octanol–water partition coefficient (Wildman–Crippen LogP) is 5.02. The maximum Gasteiger partial charge on any atom is 0.415 e. The minimum absolute atomic E-state index is 0.267. The SMILES string of the molecule is Cc1cccc(OCC2=NCCN2)c1C.Cc1cccc(OCC2=NCCN2C(=O)OC(C)(C)C)c1C. The van der Waals surface area contributed by atoms with Gasteiger partial charge in [-0.05, 0) is 82.9 Å². The molecule has 1 N–H and O–H groups in total. The summed E-state index contributed by atoms with van der Waals surface area (Å²) >= 11 is 0. The molecule has 0 aromatic heterocycles. The van der Waals surface area contributed by atoms with Gasteiger partial charge in [0.2, 0.25) is 0 Å². The van der Waals surface area contributed by atoms with Crippen molar-refractivity contribution in [2.45, 2.75) is 54.1 Å². The summed E-state index contributed by atoms with van der Waals surface area (Å²) in [5.74, 6) is 3.34. The van der Waals surface area contributed by atoms with Crippen LogP contribution in [0.3, 0.4) is 0 Å². The fourth-order valence-corrected chi connectivity index (χ4v) is 3.72. The second-order valence-corrected chi connectivity index (χ2v) is 10.2. The fourth-order valence-electron chi connectivity index (χ4n) is 3.72. The van der Waals surface area contributed by atoms with E-state index in [1.54, 1.807) is 4.90 Å². The topological polar surface area (TPSA) is 84.8 Å². The van der Waals surface area contributed by atoms with Crippen LogP contribution in [0.4, 0.5) is 4.79 Å². The molecule has 1 amide bonds. The molecule has 200 valence electrons. The van der Waals surface area contributed by atoms with Gasteiger partial charge in [-0.3, -0.25) is 14.9 Å². The Hall–Kier alpha value is -3.55. The van der Waals surface area contributed by atoms with E-state index in [0.29, 0.717) is 25.5 Å². The number of aliphatic imine (C=N–C) groups is 2. The molecule has 0 radical (unpaired) electrons. The Morgan fingerprint density at radius 3 is 2.03 bits per heavy atom. The molecular weight excluding hydrogens is 468 g/mol. The molecule has 8 nitrogen and oxygen atoms in total. The maximum absolute atomic E-state index is 12.2. The Kier molecular flexibility index (Phi) is 9.55. The Morgan fingerprint density at radius 1 is 0.892 bits per heavy atom. The number of ether oxygens (including phenoxy) is 3. The van der Waals surface area contributed by atoms with Crippen LogP contribution in [0, 0.1) is 27.7 Å². The number of carbonyl (C=O) groups is 1. The largest absolute Gasteiger partial charge is 0.485 e. The minimum atomic E-state index is -0.515. The molecule has 0 unspecified atom stereocenters. The van der Waals surface area contributed by atoms with Gasteiger partial charge in [-0.15, -0.1) is 0 Å². The standard InChI is InChI=1S/C17H24N2O3.C12H16N2O/c1-12-7-6-8-14(13(12)2)21-11-15-18-9-10-19(15)16(20)22-17(3,4)5;1-9-4-3-5-11(10(9)2)15-8-12-13-6-7-14-12/h6-8H,9-11H2,1-5H3;3-5H,6-8H2,1-2H3,(H,13,14). The first-order chi connectivity index (χ1) is 17.5. The van der Waals surface area contributed by atoms with E-state index in [4.69, 9.17) is 14.2 Å². The molecule has 0 saturated carbocycles. The quantitative estimate of drug-likeness (QED) is 0.593. The molecule has 0 saturated heterocycles. The summed E-state index contributed by atoms with van der Waals surface area (Å²) in [7, 11) is 0. The molecule has 2 aliphatic rings. The van der Waals surface area contributed by atoms with Gasteiger partial charge in [-0.25, -0.2) is 4.79 Å². The first-order valence-electron chi connectivity index (χ1n) is 12.7. The predicted molar refractivity (Wildman–Crippen MR) is 148 cm³/mol. The average Bonchev–Trinajstić information content (AvgIpc) is 3.52. The van der Waals surface area contributed by atoms with Gasteiger partial charge in [0.1, 0.15) is 42.0 Å². The summed E-state index contributed by atoms with van der Waals surface area (Å²) in [4.78, 5) is 22.4. The van der Waals surface area contributed by atoms with Crippen LogP contribution in [0.5, 0.6) is 11.5 Å². The lowest BCUT2D eigenvalue weighted by Gasteiger charge is -2.25. The Morgan fingerprint density at radius 2 is 1.49 bits per heavy atom. The van der Waals surface area contributed by atoms with Gasteiger partial charge >= 0.3 is 6.09 Å². The highest BCUT2D eigenvalue weighted by Crippen LogP contribution is 2.22. The molecule has 0 bridgehead atoms. The lowest BCUT2D eigenvalue weighted by Crippen LogP contribution is -2.41. The monoisotopic (exact) mass is 508 g/mol. The number of amidine groups is 2. The van der Waals surface area contributed by atoms with Gasteiger partial charge in [-0.1, -0.05) is 24.3 Å². The molecule has 2 aromatic carbocycles. The maximum atomic E-state index is 12.2. The Labute approximate surface area is 220 Å². The third-order valence-electron chi connectivity index (χ3n) is 6.12. The van der Waals surface area contributed by atoms with E-state index in [0.717, 1.165) is 36.0 Å². The van der Waals surface area contributed by atoms with Crippen molar-refractivity contribution in [1.82, 2.24) is 10.2 Å². The van der Waals surface area contributed by atoms with Crippen molar-refractivity contribution >= 4 is 17.8 Å². The molecule has 0 aliphatic carbocycles. The lowest BCUT2D eigenvalue weighted by atomic mass is 10.1. The Balaban J connectivity index is 0.000000220. The van der Waals surface area contributed by atoms with Crippen molar-refractivity contribution in [1.29, 1.82) is 0 Å². The summed E-state index contributed by atoms with van der Waals surface area (Å²) in [5.41, 5.74) is 4.23. The van der Waals surface area contributed by atoms with Crippen LogP contribution in [-0.2, 0) is 4.74 Å². The highest BCUT2D eigenvalue weighted by Gasteiger charge is 2.28. The number of nitrogens with zero attached hydrogens (tertiary/aromatic N) is 3. The normalized spacial score (nSPS) is 14.7. The van der Waals surface area contributed by atoms with Gasteiger partial charge < -0.3 is 19.5 Å². The molecular formula is C29H40N4O4. The van der Waals surface area contributed by atoms with Crippen LogP contribution in [0.2, 0.25) is 0 Å². The molecule has 0 spiro atoms. The molecule has 8 heteroatoms. The zero-order valence-corrected chi connectivity index (χ0v) is 23.2. The fraction of sp³-hybridized carbons (Fsp3) is 0.483. The number of hydrogen-bond acceptors (Lipinski definition) is 7. The minimum Gasteiger partial charge on any atom is -0.485 e. The summed E-state index contributed by atoms with van der Waals surface area (Å²) < 4.78 is 16.9. The van der Waals surface area contributed by atoms with Crippen LogP contribution in [0.25, 0.3) is 0 Å². The third kappa shape index (κ3) is 8.23. The van der Waals surface area contributed by atoms with Gasteiger partial charge in [0.25, 0.3) is 0 Å². The van der Waals surface area contributed by atoms with E-state index >= 15 is 0 Å². The summed E-state index contributed by atoms with van der Waals surface area (Å²) in [5, 5.41) is 3.19. The van der Waals surface area contributed by atoms with Gasteiger partial charge in [-0.2, -0.15) is 0 Å². The molecule has 2 aliphatic heterocycles. The molecule has 37 heavy (non-hydrogen) atoms. The smallest absolute Gasteiger partial charge is 0.415 e. The zero-order valence-electron chi connectivity index (χ0n) is 23.2. The van der Waals surface area contributed by atoms with Crippen LogP contribution in [0.15, 0.2) is 46.4 Å². The lowest BCUT2D eigenvalue weighted by molar-refractivity contribution is 0.0378. The number of aryl methyl sites for hydroxylation is 2. The van der Waals surface area contributed by atoms with Gasteiger partial charge in [0.15, 0.2) is 0 Å². The van der Waals surface area contributed by atoms with Crippen LogP contribution < -0.4 is 14.8 Å². The highest BCUT2D eigenvalue weighted by atomic mass is 16.6. The van der Waals surface area contributed by atoms with E-state index in [-0.39, 0.29) is 12.7 Å². The van der Waals surface area contributed by atoms with Crippen molar-refractivity contribution in [3.8, 4) is 11.5 Å². The van der Waals surface area contributed by atoms with E-state index < -0.39 is 5.60 Å². The number of nitrogens with one attached hydrogen (secondary N) is 1. The first kappa shape index (κ1) is 28.0. The number of hydrogen-bond donors (Lipinski definition) is 1. The van der Waals surface area contributed by atoms with E-state index in [1.807, 2.05) is 65.0 Å². The van der Waals surface area contributed by atoms with E-state index in [1.165, 1.54) is 16.7 Å². The molecule has 2 aromatic rings. The van der Waals surface area contributed by atoms with Crippen molar-refractivity contribution in [2.75, 3.05) is 39.4 Å². The van der Waals surface area contributed by atoms with E-state index in [9.17, 15) is 4.79 Å². The molecule has 4 rings (SSSR count). The van der Waals surface area contributed by atoms with Crippen LogP contribution >= 0.6 is 0 Å². The van der Waals surface area contributed by atoms with Crippen molar-refractivity contribution in [3.05, 3.63) is 58.7 Å². The molecule has 0 fully saturated rings. The number of benzene rings is 2. The van der Waals surface area contributed by atoms with Crippen molar-refractivity contribution in [3.63, 3.8) is 0 Å². The van der Waals surface area contributed by atoms with Crippen molar-refractivity contribution in [2.24, 2.45) is 9.98 Å². The number of amides is 1. The molecule has 2 heterocycles. The van der Waals surface area contributed by atoms with Gasteiger partial charge in [0, 0.05) is 6.54 Å². The first-order valence-corrected chi connectivity index (χ1v) is 12.7. The number of carbonyl (C=O) groups excluding carboxylic acids is 1. The second-order valence-electron chi connectivity index (χ2n) is 10.2.